The Hall–Kier alpha value is -4.60. The number of hydrogen-bond donors (Lipinski definition) is 2. The van der Waals surface area contributed by atoms with Crippen molar-refractivity contribution in [3.8, 4) is 0 Å². The summed E-state index contributed by atoms with van der Waals surface area (Å²) in [4.78, 5) is 45.7. The van der Waals surface area contributed by atoms with Gasteiger partial charge in [0.05, 0.1) is 0 Å². The first kappa shape index (κ1) is 26.7. The molecule has 0 saturated carbocycles. The van der Waals surface area contributed by atoms with Gasteiger partial charge < -0.3 is 10.2 Å². The fourth-order valence-corrected chi connectivity index (χ4v) is 2.39. The van der Waals surface area contributed by atoms with E-state index in [1.807, 2.05) is 0 Å². The predicted octanol–water partition coefficient (Wildman–Crippen LogP) is 3.24. The maximum Gasteiger partial charge on any atom is 0.298 e. The molecule has 2 N–H and O–H groups in total. The van der Waals surface area contributed by atoms with E-state index in [9.17, 15) is 19.8 Å². The summed E-state index contributed by atoms with van der Waals surface area (Å²) in [6.07, 6.45) is 5.99. The Balaban J connectivity index is 0.000000240. The third kappa shape index (κ3) is 8.35. The van der Waals surface area contributed by atoms with E-state index >= 15 is 0 Å². The van der Waals surface area contributed by atoms with Gasteiger partial charge in [-0.05, 0) is 48.5 Å². The maximum absolute atomic E-state index is 11.6. The maximum atomic E-state index is 11.6. The number of aromatic nitrogens is 4. The fourth-order valence-electron chi connectivity index (χ4n) is 2.39. The van der Waals surface area contributed by atoms with Crippen molar-refractivity contribution in [1.29, 1.82) is 0 Å². The van der Waals surface area contributed by atoms with Crippen LogP contribution < -0.4 is 0 Å². The molecule has 0 aliphatic heterocycles. The Morgan fingerprint density at radius 3 is 1.06 bits per heavy atom. The number of amides is 2. The van der Waals surface area contributed by atoms with Crippen molar-refractivity contribution in [3.05, 3.63) is 120 Å². The average Bonchev–Trinajstić information content (AvgIpc) is 2.91. The third-order valence-corrected chi connectivity index (χ3v) is 3.97. The first-order chi connectivity index (χ1) is 16.5. The average molecular weight is 518 g/mol. The van der Waals surface area contributed by atoms with Crippen LogP contribution in [0.25, 0.3) is 0 Å². The number of pyridine rings is 4. The number of aliphatic hydroxyl groups is 2. The van der Waals surface area contributed by atoms with Gasteiger partial charge in [0.15, 0.2) is 0 Å². The largest absolute Gasteiger partial charge is 0.492 e. The van der Waals surface area contributed by atoms with Crippen LogP contribution >= 0.6 is 0 Å². The second kappa shape index (κ2) is 13.8. The SMILES string of the molecule is O=C(N=C(O)c1ccccn1)c1ccccn1.O=C(N=C(O)c1ccccn1)c1ccccn1.[Cu]. The minimum Gasteiger partial charge on any atom is -0.492 e. The molecule has 11 heteroatoms. The zero-order valence-corrected chi connectivity index (χ0v) is 18.9. The van der Waals surface area contributed by atoms with E-state index in [1.54, 1.807) is 60.7 Å². The van der Waals surface area contributed by atoms with Crippen molar-refractivity contribution in [1.82, 2.24) is 19.9 Å². The number of hydrogen-bond acceptors (Lipinski definition) is 6. The number of carbonyl (C=O) groups excluding carboxylic acids is 2. The summed E-state index contributed by atoms with van der Waals surface area (Å²) >= 11 is 0. The van der Waals surface area contributed by atoms with Crippen molar-refractivity contribution in [2.75, 3.05) is 0 Å². The number of carbonyl (C=O) groups is 2. The minimum absolute atomic E-state index is 0. The first-order valence-corrected chi connectivity index (χ1v) is 9.83. The van der Waals surface area contributed by atoms with Crippen LogP contribution in [0, 0.1) is 0 Å². The van der Waals surface area contributed by atoms with E-state index in [1.165, 1.54) is 36.9 Å². The van der Waals surface area contributed by atoms with E-state index < -0.39 is 23.6 Å². The van der Waals surface area contributed by atoms with Crippen LogP contribution in [-0.4, -0.2) is 53.8 Å². The van der Waals surface area contributed by atoms with Gasteiger partial charge in [-0.1, -0.05) is 24.3 Å². The molecule has 4 heterocycles. The Kier molecular flexibility index (Phi) is 10.5. The van der Waals surface area contributed by atoms with E-state index in [2.05, 4.69) is 29.9 Å². The fraction of sp³-hybridized carbons (Fsp3) is 0. The molecule has 0 aromatic carbocycles. The third-order valence-electron chi connectivity index (χ3n) is 3.97. The second-order valence-corrected chi connectivity index (χ2v) is 6.34. The molecule has 0 atom stereocenters. The topological polar surface area (TPSA) is 151 Å². The summed E-state index contributed by atoms with van der Waals surface area (Å²) in [5.41, 5.74) is 0.846. The minimum atomic E-state index is -0.603. The second-order valence-electron chi connectivity index (χ2n) is 6.34. The van der Waals surface area contributed by atoms with Crippen LogP contribution in [0.1, 0.15) is 32.4 Å². The van der Waals surface area contributed by atoms with E-state index in [0.29, 0.717) is 0 Å². The Bertz CT molecular complexity index is 1190. The van der Waals surface area contributed by atoms with E-state index in [0.717, 1.165) is 0 Å². The molecular formula is C24H18CuN6O4. The summed E-state index contributed by atoms with van der Waals surface area (Å²) < 4.78 is 0. The van der Waals surface area contributed by atoms with Gasteiger partial charge in [0, 0.05) is 41.9 Å². The molecule has 4 aromatic rings. The predicted molar refractivity (Wildman–Crippen MR) is 124 cm³/mol. The molecule has 0 spiro atoms. The number of rotatable bonds is 4. The van der Waals surface area contributed by atoms with Gasteiger partial charge in [-0.25, -0.2) is 0 Å². The first-order valence-electron chi connectivity index (χ1n) is 9.83. The van der Waals surface area contributed by atoms with Gasteiger partial charge in [0.2, 0.25) is 11.8 Å². The summed E-state index contributed by atoms with van der Waals surface area (Å²) in [7, 11) is 0. The van der Waals surface area contributed by atoms with E-state index in [4.69, 9.17) is 0 Å². The van der Waals surface area contributed by atoms with Crippen molar-refractivity contribution in [3.63, 3.8) is 0 Å². The Morgan fingerprint density at radius 1 is 0.514 bits per heavy atom. The van der Waals surface area contributed by atoms with Gasteiger partial charge in [0.25, 0.3) is 11.8 Å². The van der Waals surface area contributed by atoms with Crippen LogP contribution in [0.5, 0.6) is 0 Å². The zero-order valence-electron chi connectivity index (χ0n) is 17.9. The Morgan fingerprint density at radius 2 is 0.800 bits per heavy atom. The molecule has 0 saturated heterocycles. The van der Waals surface area contributed by atoms with Gasteiger partial charge in [-0.3, -0.25) is 29.5 Å². The normalized spacial score (nSPS) is 10.9. The standard InChI is InChI=1S/2C12H9N3O2.Cu/c2*16-11(9-5-1-3-7-13-9)15-12(17)10-6-2-4-8-14-10;/h2*1-8H,(H,15,16,17);. The molecule has 0 aliphatic rings. The van der Waals surface area contributed by atoms with Crippen molar-refractivity contribution < 1.29 is 36.9 Å². The van der Waals surface area contributed by atoms with Crippen LogP contribution in [0.15, 0.2) is 108 Å². The molecule has 0 bridgehead atoms. The summed E-state index contributed by atoms with van der Waals surface area (Å²) in [5, 5.41) is 19.2. The van der Waals surface area contributed by atoms with Gasteiger partial charge >= 0.3 is 0 Å². The van der Waals surface area contributed by atoms with Crippen molar-refractivity contribution in [2.24, 2.45) is 9.98 Å². The van der Waals surface area contributed by atoms with Crippen molar-refractivity contribution >= 4 is 23.6 Å². The molecule has 2 amide bonds. The molecule has 4 rings (SSSR count). The van der Waals surface area contributed by atoms with Crippen LogP contribution in [0.4, 0.5) is 0 Å². The summed E-state index contributed by atoms with van der Waals surface area (Å²) in [5.74, 6) is -2.04. The monoisotopic (exact) mass is 517 g/mol. The number of aliphatic imine (C=N–C) groups is 2. The molecule has 10 nitrogen and oxygen atoms in total. The zero-order chi connectivity index (χ0) is 24.2. The van der Waals surface area contributed by atoms with Gasteiger partial charge in [-0.15, -0.1) is 0 Å². The van der Waals surface area contributed by atoms with Crippen molar-refractivity contribution in [2.45, 2.75) is 0 Å². The molecule has 0 fully saturated rings. The smallest absolute Gasteiger partial charge is 0.298 e. The summed E-state index contributed by atoms with van der Waals surface area (Å²) in [6.45, 7) is 0. The number of aliphatic hydroxyl groups excluding tert-OH is 2. The molecule has 35 heavy (non-hydrogen) atoms. The molecule has 0 unspecified atom stereocenters. The molecular weight excluding hydrogens is 500 g/mol. The van der Waals surface area contributed by atoms with E-state index in [-0.39, 0.29) is 39.8 Å². The number of nitrogens with zero attached hydrogens (tertiary/aromatic N) is 6. The van der Waals surface area contributed by atoms with Crippen LogP contribution in [0.3, 0.4) is 0 Å². The summed E-state index contributed by atoms with van der Waals surface area (Å²) in [6, 6.07) is 19.7. The molecule has 1 radical (unpaired) electrons. The van der Waals surface area contributed by atoms with Crippen LogP contribution in [0.2, 0.25) is 0 Å². The van der Waals surface area contributed by atoms with Crippen LogP contribution in [-0.2, 0) is 17.1 Å². The Labute approximate surface area is 210 Å². The molecule has 4 aromatic heterocycles. The molecule has 0 aliphatic carbocycles. The van der Waals surface area contributed by atoms with Gasteiger partial charge in [0.1, 0.15) is 22.8 Å². The molecule has 179 valence electrons. The van der Waals surface area contributed by atoms with Gasteiger partial charge in [-0.2, -0.15) is 9.98 Å². The quantitative estimate of drug-likeness (QED) is 0.238.